The Labute approximate surface area is 48.0 Å². The van der Waals surface area contributed by atoms with E-state index >= 15 is 0 Å². The van der Waals surface area contributed by atoms with Crippen molar-refractivity contribution in [3.05, 3.63) is 0 Å². The minimum Gasteiger partial charge on any atom is -0.396 e. The molecule has 1 unspecified atom stereocenters. The van der Waals surface area contributed by atoms with E-state index in [2.05, 4.69) is 4.99 Å². The number of hydrogen-bond acceptors (Lipinski definition) is 3. The number of aliphatic hydroxyl groups is 1. The SMILES string of the molecule is OCCC1N=CCO1. The van der Waals surface area contributed by atoms with Crippen molar-refractivity contribution in [2.24, 2.45) is 4.99 Å². The molecule has 1 atom stereocenters. The topological polar surface area (TPSA) is 41.8 Å². The highest BCUT2D eigenvalue weighted by Gasteiger charge is 2.07. The lowest BCUT2D eigenvalue weighted by Gasteiger charge is -2.01. The normalized spacial score (nSPS) is 26.9. The predicted molar refractivity (Wildman–Crippen MR) is 29.9 cm³/mol. The molecule has 0 aromatic heterocycles. The molecule has 0 fully saturated rings. The zero-order valence-corrected chi connectivity index (χ0v) is 4.58. The summed E-state index contributed by atoms with van der Waals surface area (Å²) in [6.07, 6.45) is 2.27. The number of nitrogens with zero attached hydrogens (tertiary/aromatic N) is 1. The van der Waals surface area contributed by atoms with Crippen LogP contribution in [0.4, 0.5) is 0 Å². The van der Waals surface area contributed by atoms with E-state index in [1.54, 1.807) is 6.21 Å². The summed E-state index contributed by atoms with van der Waals surface area (Å²) in [6.45, 7) is 0.757. The molecule has 1 heterocycles. The van der Waals surface area contributed by atoms with Crippen molar-refractivity contribution in [1.82, 2.24) is 0 Å². The lowest BCUT2D eigenvalue weighted by Crippen LogP contribution is -2.05. The number of hydrogen-bond donors (Lipinski definition) is 1. The molecule has 3 nitrogen and oxygen atoms in total. The highest BCUT2D eigenvalue weighted by molar-refractivity contribution is 5.60. The third-order valence-corrected chi connectivity index (χ3v) is 1.01. The van der Waals surface area contributed by atoms with Crippen LogP contribution in [0.3, 0.4) is 0 Å². The number of ether oxygens (including phenoxy) is 1. The van der Waals surface area contributed by atoms with Crippen LogP contribution >= 0.6 is 0 Å². The standard InChI is InChI=1S/C5H9NO2/c7-3-1-5-6-2-4-8-5/h2,5,7H,1,3-4H2. The zero-order chi connectivity index (χ0) is 5.82. The van der Waals surface area contributed by atoms with Crippen LogP contribution in [0.1, 0.15) is 6.42 Å². The molecular formula is C5H9NO2. The Morgan fingerprint density at radius 2 is 2.75 bits per heavy atom. The summed E-state index contributed by atoms with van der Waals surface area (Å²) in [4.78, 5) is 3.92. The van der Waals surface area contributed by atoms with Gasteiger partial charge in [0.1, 0.15) is 0 Å². The van der Waals surface area contributed by atoms with Gasteiger partial charge in [-0.15, -0.1) is 0 Å². The maximum atomic E-state index is 8.37. The Morgan fingerprint density at radius 3 is 3.25 bits per heavy atom. The molecule has 1 aliphatic rings. The Hall–Kier alpha value is -0.410. The Balaban J connectivity index is 2.16. The van der Waals surface area contributed by atoms with Gasteiger partial charge in [-0.05, 0) is 0 Å². The van der Waals surface area contributed by atoms with E-state index < -0.39 is 0 Å². The third kappa shape index (κ3) is 1.28. The monoisotopic (exact) mass is 115 g/mol. The lowest BCUT2D eigenvalue weighted by molar-refractivity contribution is 0.0849. The van der Waals surface area contributed by atoms with Gasteiger partial charge in [-0.25, -0.2) is 0 Å². The molecule has 3 heteroatoms. The van der Waals surface area contributed by atoms with Crippen molar-refractivity contribution in [3.63, 3.8) is 0 Å². The molecule has 1 rings (SSSR count). The third-order valence-electron chi connectivity index (χ3n) is 1.01. The second kappa shape index (κ2) is 2.79. The summed E-state index contributed by atoms with van der Waals surface area (Å²) in [7, 11) is 0. The molecular weight excluding hydrogens is 106 g/mol. The molecule has 8 heavy (non-hydrogen) atoms. The Bertz CT molecular complexity index is 92.4. The first kappa shape index (κ1) is 5.72. The van der Waals surface area contributed by atoms with Gasteiger partial charge in [0.2, 0.25) is 0 Å². The fraction of sp³-hybridized carbons (Fsp3) is 0.800. The van der Waals surface area contributed by atoms with Crippen molar-refractivity contribution in [2.45, 2.75) is 12.6 Å². The molecule has 0 saturated carbocycles. The lowest BCUT2D eigenvalue weighted by atomic mass is 10.4. The van der Waals surface area contributed by atoms with E-state index in [-0.39, 0.29) is 12.8 Å². The summed E-state index contributed by atoms with van der Waals surface area (Å²) in [6, 6.07) is 0. The van der Waals surface area contributed by atoms with E-state index in [0.717, 1.165) is 0 Å². The van der Waals surface area contributed by atoms with Gasteiger partial charge in [-0.2, -0.15) is 0 Å². The minimum atomic E-state index is -0.0694. The van der Waals surface area contributed by atoms with Crippen LogP contribution in [-0.4, -0.2) is 30.8 Å². The predicted octanol–water partition coefficient (Wildman–Crippen LogP) is -0.204. The molecule has 0 bridgehead atoms. The van der Waals surface area contributed by atoms with Gasteiger partial charge in [0.25, 0.3) is 0 Å². The van der Waals surface area contributed by atoms with Gasteiger partial charge >= 0.3 is 0 Å². The van der Waals surface area contributed by atoms with Gasteiger partial charge in [-0.1, -0.05) is 0 Å². The number of rotatable bonds is 2. The van der Waals surface area contributed by atoms with E-state index in [1.165, 1.54) is 0 Å². The van der Waals surface area contributed by atoms with Gasteiger partial charge in [0, 0.05) is 19.2 Å². The van der Waals surface area contributed by atoms with Crippen molar-refractivity contribution >= 4 is 6.21 Å². The van der Waals surface area contributed by atoms with Crippen LogP contribution < -0.4 is 0 Å². The highest BCUT2D eigenvalue weighted by atomic mass is 16.5. The first-order chi connectivity index (χ1) is 3.93. The van der Waals surface area contributed by atoms with Crippen LogP contribution in [0.15, 0.2) is 4.99 Å². The van der Waals surface area contributed by atoms with E-state index in [4.69, 9.17) is 9.84 Å². The van der Waals surface area contributed by atoms with Crippen molar-refractivity contribution in [2.75, 3.05) is 13.2 Å². The molecule has 0 amide bonds. The van der Waals surface area contributed by atoms with Gasteiger partial charge in [0.05, 0.1) is 6.61 Å². The van der Waals surface area contributed by atoms with Crippen LogP contribution in [0, 0.1) is 0 Å². The largest absolute Gasteiger partial charge is 0.396 e. The second-order valence-electron chi connectivity index (χ2n) is 1.63. The van der Waals surface area contributed by atoms with E-state index in [0.29, 0.717) is 13.0 Å². The molecule has 1 N–H and O–H groups in total. The highest BCUT2D eigenvalue weighted by Crippen LogP contribution is 2.02. The van der Waals surface area contributed by atoms with Crippen molar-refractivity contribution < 1.29 is 9.84 Å². The summed E-state index contributed by atoms with van der Waals surface area (Å²) < 4.78 is 5.01. The molecule has 0 aliphatic carbocycles. The van der Waals surface area contributed by atoms with Gasteiger partial charge in [-0.3, -0.25) is 4.99 Å². The van der Waals surface area contributed by atoms with Gasteiger partial charge in [0.15, 0.2) is 6.23 Å². The summed E-state index contributed by atoms with van der Waals surface area (Å²) in [5, 5.41) is 8.37. The number of aliphatic imine (C=N–C) groups is 1. The fourth-order valence-corrected chi connectivity index (χ4v) is 0.626. The Morgan fingerprint density at radius 1 is 1.88 bits per heavy atom. The minimum absolute atomic E-state index is 0.0694. The number of aliphatic hydroxyl groups excluding tert-OH is 1. The molecule has 1 aliphatic heterocycles. The van der Waals surface area contributed by atoms with Crippen LogP contribution in [0.25, 0.3) is 0 Å². The maximum Gasteiger partial charge on any atom is 0.150 e. The second-order valence-corrected chi connectivity index (χ2v) is 1.63. The van der Waals surface area contributed by atoms with Gasteiger partial charge < -0.3 is 9.84 Å². The molecule has 0 aromatic carbocycles. The average molecular weight is 115 g/mol. The summed E-state index contributed by atoms with van der Waals surface area (Å²) in [5.74, 6) is 0. The maximum absolute atomic E-state index is 8.37. The molecule has 0 aromatic rings. The van der Waals surface area contributed by atoms with E-state index in [1.807, 2.05) is 0 Å². The van der Waals surface area contributed by atoms with Crippen LogP contribution in [0.5, 0.6) is 0 Å². The van der Waals surface area contributed by atoms with Crippen molar-refractivity contribution in [3.8, 4) is 0 Å². The molecule has 0 radical (unpaired) electrons. The van der Waals surface area contributed by atoms with Crippen molar-refractivity contribution in [1.29, 1.82) is 0 Å². The molecule has 0 spiro atoms. The smallest absolute Gasteiger partial charge is 0.150 e. The molecule has 46 valence electrons. The first-order valence-electron chi connectivity index (χ1n) is 2.67. The average Bonchev–Trinajstić information content (AvgIpc) is 2.19. The molecule has 0 saturated heterocycles. The fourth-order valence-electron chi connectivity index (χ4n) is 0.626. The Kier molecular flexibility index (Phi) is 2.00. The van der Waals surface area contributed by atoms with E-state index in [9.17, 15) is 0 Å². The summed E-state index contributed by atoms with van der Waals surface area (Å²) >= 11 is 0. The van der Waals surface area contributed by atoms with Crippen LogP contribution in [0.2, 0.25) is 0 Å². The quantitative estimate of drug-likeness (QED) is 0.541. The first-order valence-corrected chi connectivity index (χ1v) is 2.67. The zero-order valence-electron chi connectivity index (χ0n) is 4.58. The summed E-state index contributed by atoms with van der Waals surface area (Å²) in [5.41, 5.74) is 0. The van der Waals surface area contributed by atoms with Crippen LogP contribution in [-0.2, 0) is 4.74 Å².